The molecule has 2 unspecified atom stereocenters. The van der Waals surface area contributed by atoms with Gasteiger partial charge in [-0.15, -0.1) is 0 Å². The third kappa shape index (κ3) is 3.01. The summed E-state index contributed by atoms with van der Waals surface area (Å²) >= 11 is 0. The topological polar surface area (TPSA) is 67.3 Å². The van der Waals surface area contributed by atoms with Crippen molar-refractivity contribution < 1.29 is 9.53 Å². The summed E-state index contributed by atoms with van der Waals surface area (Å²) in [5, 5.41) is 3.91. The number of hydrazine groups is 1. The van der Waals surface area contributed by atoms with Gasteiger partial charge in [-0.25, -0.2) is 5.43 Å². The molecule has 1 fully saturated rings. The maximum atomic E-state index is 11.9. The lowest BCUT2D eigenvalue weighted by atomic mass is 10.2. The van der Waals surface area contributed by atoms with Gasteiger partial charge in [0.25, 0.3) is 5.91 Å². The van der Waals surface area contributed by atoms with Crippen LogP contribution in [0.3, 0.4) is 0 Å². The fourth-order valence-corrected chi connectivity index (χ4v) is 2.59. The van der Waals surface area contributed by atoms with Crippen molar-refractivity contribution in [2.45, 2.75) is 25.6 Å². The molecule has 2 aromatic rings. The first-order valence-electron chi connectivity index (χ1n) is 7.11. The van der Waals surface area contributed by atoms with Crippen molar-refractivity contribution in [3.63, 3.8) is 0 Å². The molecule has 0 bridgehead atoms. The van der Waals surface area contributed by atoms with Gasteiger partial charge >= 0.3 is 0 Å². The van der Waals surface area contributed by atoms with Gasteiger partial charge in [0.15, 0.2) is 6.61 Å². The summed E-state index contributed by atoms with van der Waals surface area (Å²) in [7, 11) is 1.98. The van der Waals surface area contributed by atoms with Gasteiger partial charge in [-0.05, 0) is 31.5 Å². The molecule has 2 atom stereocenters. The van der Waals surface area contributed by atoms with E-state index in [0.717, 1.165) is 23.1 Å². The van der Waals surface area contributed by atoms with Crippen LogP contribution in [0, 0.1) is 0 Å². The van der Waals surface area contributed by atoms with Crippen LogP contribution in [0.5, 0.6) is 5.75 Å². The van der Waals surface area contributed by atoms with Gasteiger partial charge in [0.05, 0.1) is 11.7 Å². The third-order valence-corrected chi connectivity index (χ3v) is 3.68. The Hall–Kier alpha value is -2.05. The van der Waals surface area contributed by atoms with Crippen LogP contribution in [0.1, 0.15) is 13.3 Å². The second-order valence-corrected chi connectivity index (χ2v) is 5.45. The number of aromatic nitrogens is 1. The Kier molecular flexibility index (Phi) is 3.81. The summed E-state index contributed by atoms with van der Waals surface area (Å²) in [5.41, 5.74) is 7.18. The average Bonchev–Trinajstić information content (AvgIpc) is 3.04. The van der Waals surface area contributed by atoms with Crippen molar-refractivity contribution in [3.8, 4) is 5.75 Å². The zero-order valence-electron chi connectivity index (χ0n) is 12.2. The molecule has 1 aromatic heterocycles. The van der Waals surface area contributed by atoms with Crippen molar-refractivity contribution in [1.82, 2.24) is 20.7 Å². The Morgan fingerprint density at radius 3 is 3.05 bits per heavy atom. The van der Waals surface area contributed by atoms with E-state index in [9.17, 15) is 4.79 Å². The van der Waals surface area contributed by atoms with E-state index in [1.54, 1.807) is 0 Å². The molecule has 1 aromatic carbocycles. The Morgan fingerprint density at radius 1 is 1.43 bits per heavy atom. The monoisotopic (exact) mass is 288 g/mol. The number of carbonyl (C=O) groups is 1. The van der Waals surface area contributed by atoms with Crippen molar-refractivity contribution in [3.05, 3.63) is 30.5 Å². The Morgan fingerprint density at radius 2 is 2.29 bits per heavy atom. The summed E-state index contributed by atoms with van der Waals surface area (Å²) in [5.74, 6) is 0.602. The van der Waals surface area contributed by atoms with E-state index in [-0.39, 0.29) is 18.7 Å². The molecule has 3 rings (SSSR count). The minimum Gasteiger partial charge on any atom is -0.483 e. The quantitative estimate of drug-likeness (QED) is 0.781. The van der Waals surface area contributed by atoms with Gasteiger partial charge in [0, 0.05) is 24.7 Å². The molecule has 6 heteroatoms. The van der Waals surface area contributed by atoms with Crippen LogP contribution in [0.25, 0.3) is 10.9 Å². The van der Waals surface area contributed by atoms with Crippen LogP contribution in [-0.4, -0.2) is 29.3 Å². The minimum atomic E-state index is -0.128. The van der Waals surface area contributed by atoms with Crippen molar-refractivity contribution >= 4 is 16.8 Å². The number of benzene rings is 1. The second-order valence-electron chi connectivity index (χ2n) is 5.45. The second kappa shape index (κ2) is 5.75. The number of aryl methyl sites for hydroxylation is 1. The van der Waals surface area contributed by atoms with Crippen LogP contribution in [-0.2, 0) is 11.8 Å². The zero-order valence-corrected chi connectivity index (χ0v) is 12.2. The van der Waals surface area contributed by atoms with Gasteiger partial charge in [-0.2, -0.15) is 0 Å². The third-order valence-electron chi connectivity index (χ3n) is 3.68. The molecule has 0 saturated carbocycles. The van der Waals surface area contributed by atoms with E-state index < -0.39 is 0 Å². The molecule has 0 spiro atoms. The van der Waals surface area contributed by atoms with Crippen LogP contribution in [0.2, 0.25) is 0 Å². The summed E-state index contributed by atoms with van der Waals surface area (Å²) in [4.78, 5) is 11.9. The smallest absolute Gasteiger partial charge is 0.259 e. The molecule has 1 aliphatic rings. The van der Waals surface area contributed by atoms with Crippen LogP contribution >= 0.6 is 0 Å². The fraction of sp³-hybridized carbons (Fsp3) is 0.400. The number of ether oxygens (including phenoxy) is 1. The Labute approximate surface area is 123 Å². The highest BCUT2D eigenvalue weighted by atomic mass is 16.5. The minimum absolute atomic E-state index is 0.0145. The number of fused-ring (bicyclic) bond motifs is 1. The number of hydrogen-bond acceptors (Lipinski definition) is 4. The fourth-order valence-electron chi connectivity index (χ4n) is 2.59. The summed E-state index contributed by atoms with van der Waals surface area (Å²) in [6, 6.07) is 8.19. The predicted octanol–water partition coefficient (Wildman–Crippen LogP) is 0.886. The number of nitrogens with one attached hydrogen (secondary N) is 3. The van der Waals surface area contributed by atoms with Crippen LogP contribution in [0.15, 0.2) is 30.5 Å². The van der Waals surface area contributed by atoms with E-state index in [2.05, 4.69) is 23.1 Å². The van der Waals surface area contributed by atoms with E-state index in [1.165, 1.54) is 0 Å². The van der Waals surface area contributed by atoms with Gasteiger partial charge in [0.1, 0.15) is 5.75 Å². The van der Waals surface area contributed by atoms with E-state index in [1.807, 2.05) is 42.1 Å². The van der Waals surface area contributed by atoms with E-state index >= 15 is 0 Å². The van der Waals surface area contributed by atoms with Gasteiger partial charge < -0.3 is 14.6 Å². The maximum Gasteiger partial charge on any atom is 0.259 e. The maximum absolute atomic E-state index is 11.9. The van der Waals surface area contributed by atoms with Crippen molar-refractivity contribution in [2.24, 2.45) is 7.05 Å². The molecule has 112 valence electrons. The number of rotatable bonds is 4. The Balaban J connectivity index is 1.60. The highest BCUT2D eigenvalue weighted by molar-refractivity contribution is 5.87. The van der Waals surface area contributed by atoms with E-state index in [0.29, 0.717) is 6.04 Å². The first-order valence-corrected chi connectivity index (χ1v) is 7.11. The van der Waals surface area contributed by atoms with Gasteiger partial charge in [-0.3, -0.25) is 10.2 Å². The molecule has 1 saturated heterocycles. The predicted molar refractivity (Wildman–Crippen MR) is 80.7 cm³/mol. The lowest BCUT2D eigenvalue weighted by molar-refractivity contribution is -0.123. The Bertz CT molecular complexity index is 652. The molecule has 6 nitrogen and oxygen atoms in total. The molecule has 2 heterocycles. The highest BCUT2D eigenvalue weighted by Crippen LogP contribution is 2.25. The SMILES string of the molecule is CC1CC(NC(=O)COc2cccc3c2ccn3C)NN1. The number of carbonyl (C=O) groups excluding carboxylic acids is 1. The normalized spacial score (nSPS) is 21.6. The first-order chi connectivity index (χ1) is 10.1. The zero-order chi connectivity index (χ0) is 14.8. The first kappa shape index (κ1) is 13.9. The summed E-state index contributed by atoms with van der Waals surface area (Å²) in [6.07, 6.45) is 2.80. The highest BCUT2D eigenvalue weighted by Gasteiger charge is 2.21. The molecule has 1 aliphatic heterocycles. The van der Waals surface area contributed by atoms with Crippen molar-refractivity contribution in [1.29, 1.82) is 0 Å². The van der Waals surface area contributed by atoms with Crippen LogP contribution in [0.4, 0.5) is 0 Å². The number of nitrogens with zero attached hydrogens (tertiary/aromatic N) is 1. The lowest BCUT2D eigenvalue weighted by Crippen LogP contribution is -2.45. The molecular formula is C15H20N4O2. The molecular weight excluding hydrogens is 268 g/mol. The number of amides is 1. The number of hydrogen-bond donors (Lipinski definition) is 3. The molecule has 21 heavy (non-hydrogen) atoms. The van der Waals surface area contributed by atoms with Gasteiger partial charge in [0.2, 0.25) is 0 Å². The lowest BCUT2D eigenvalue weighted by Gasteiger charge is -2.13. The average molecular weight is 288 g/mol. The largest absolute Gasteiger partial charge is 0.483 e. The molecule has 0 aliphatic carbocycles. The van der Waals surface area contributed by atoms with Gasteiger partial charge in [-0.1, -0.05) is 6.07 Å². The summed E-state index contributed by atoms with van der Waals surface area (Å²) in [6.45, 7) is 2.08. The standard InChI is InChI=1S/C15H20N4O2/c1-10-8-14(18-17-10)16-15(20)9-21-13-5-3-4-12-11(13)6-7-19(12)2/h3-7,10,14,17-18H,8-9H2,1-2H3,(H,16,20). The van der Waals surface area contributed by atoms with Crippen molar-refractivity contribution in [2.75, 3.05) is 6.61 Å². The van der Waals surface area contributed by atoms with E-state index in [4.69, 9.17) is 4.74 Å². The molecule has 1 amide bonds. The van der Waals surface area contributed by atoms with Crippen LogP contribution < -0.4 is 20.9 Å². The molecule has 3 N–H and O–H groups in total. The summed E-state index contributed by atoms with van der Waals surface area (Å²) < 4.78 is 7.68. The molecule has 0 radical (unpaired) electrons.